The number of nitrogens with zero attached hydrogens (tertiary/aromatic N) is 2. The van der Waals surface area contributed by atoms with Crippen LogP contribution in [-0.2, 0) is 22.2 Å². The highest BCUT2D eigenvalue weighted by Crippen LogP contribution is 2.40. The van der Waals surface area contributed by atoms with E-state index < -0.39 is 17.4 Å². The number of alkyl halides is 3. The number of thioether (sulfide) groups is 1. The average Bonchev–Trinajstić information content (AvgIpc) is 2.49. The number of aromatic nitrogens is 2. The summed E-state index contributed by atoms with van der Waals surface area (Å²) < 4.78 is 50.6. The van der Waals surface area contributed by atoms with Gasteiger partial charge in [-0.15, -0.1) is 11.8 Å². The summed E-state index contributed by atoms with van der Waals surface area (Å²) in [5, 5.41) is 0.115. The normalized spacial score (nSPS) is 17.7. The molecule has 0 radical (unpaired) electrons. The monoisotopic (exact) mass is 346 g/mol. The van der Waals surface area contributed by atoms with Crippen molar-refractivity contribution in [1.29, 1.82) is 0 Å². The lowest BCUT2D eigenvalue weighted by Crippen LogP contribution is -2.32. The van der Waals surface area contributed by atoms with E-state index in [1.807, 2.05) is 0 Å². The molecule has 0 spiro atoms. The maximum atomic E-state index is 13.0. The fourth-order valence-electron chi connectivity index (χ4n) is 2.50. The van der Waals surface area contributed by atoms with Gasteiger partial charge in [0.25, 0.3) is 0 Å². The second-order valence-corrected chi connectivity index (χ2v) is 6.42. The summed E-state index contributed by atoms with van der Waals surface area (Å²) in [5.41, 5.74) is -0.737. The van der Waals surface area contributed by atoms with Crippen LogP contribution in [0.25, 0.3) is 10.9 Å². The molecule has 1 atom stereocenters. The van der Waals surface area contributed by atoms with Crippen LogP contribution >= 0.6 is 11.8 Å². The Morgan fingerprint density at radius 2 is 2.22 bits per heavy atom. The molecule has 2 heterocycles. The van der Waals surface area contributed by atoms with Crippen LogP contribution in [0.4, 0.5) is 13.2 Å². The van der Waals surface area contributed by atoms with Crippen molar-refractivity contribution in [2.24, 2.45) is 0 Å². The van der Waals surface area contributed by atoms with Crippen molar-refractivity contribution in [3.63, 3.8) is 0 Å². The molecule has 1 unspecified atom stereocenters. The van der Waals surface area contributed by atoms with Crippen LogP contribution in [0, 0.1) is 0 Å². The van der Waals surface area contributed by atoms with E-state index in [9.17, 15) is 18.0 Å². The largest absolute Gasteiger partial charge is 0.416 e. The second kappa shape index (κ2) is 6.14. The van der Waals surface area contributed by atoms with Gasteiger partial charge < -0.3 is 9.47 Å². The van der Waals surface area contributed by atoms with Crippen LogP contribution in [0.1, 0.15) is 5.56 Å². The van der Waals surface area contributed by atoms with Gasteiger partial charge in [0.15, 0.2) is 0 Å². The lowest BCUT2D eigenvalue weighted by atomic mass is 10.1. The molecule has 1 aromatic heterocycles. The predicted octanol–water partition coefficient (Wildman–Crippen LogP) is 2.51. The summed E-state index contributed by atoms with van der Waals surface area (Å²) in [6.45, 7) is 0.677. The van der Waals surface area contributed by atoms with E-state index in [0.717, 1.165) is 12.1 Å². The van der Waals surface area contributed by atoms with E-state index in [-0.39, 0.29) is 18.6 Å². The molecule has 0 saturated carbocycles. The van der Waals surface area contributed by atoms with Gasteiger partial charge in [0, 0.05) is 30.1 Å². The van der Waals surface area contributed by atoms with Crippen LogP contribution in [0.15, 0.2) is 28.0 Å². The maximum absolute atomic E-state index is 13.0. The number of halogens is 3. The van der Waals surface area contributed by atoms with E-state index in [1.54, 1.807) is 0 Å². The third-order valence-electron chi connectivity index (χ3n) is 3.43. The minimum atomic E-state index is -4.45. The van der Waals surface area contributed by atoms with E-state index in [0.29, 0.717) is 22.3 Å². The quantitative estimate of drug-likeness (QED) is 0.629. The van der Waals surface area contributed by atoms with E-state index in [4.69, 9.17) is 9.47 Å². The summed E-state index contributed by atoms with van der Waals surface area (Å²) in [5.74, 6) is 0. The van der Waals surface area contributed by atoms with Crippen LogP contribution in [0.3, 0.4) is 0 Å². The van der Waals surface area contributed by atoms with E-state index in [1.165, 1.54) is 29.6 Å². The van der Waals surface area contributed by atoms with Crippen molar-refractivity contribution in [3.05, 3.63) is 34.4 Å². The van der Waals surface area contributed by atoms with E-state index >= 15 is 0 Å². The van der Waals surface area contributed by atoms with Gasteiger partial charge in [-0.1, -0.05) is 0 Å². The molecule has 23 heavy (non-hydrogen) atoms. The minimum Gasteiger partial charge on any atom is -0.359 e. The first-order valence-electron chi connectivity index (χ1n) is 6.74. The van der Waals surface area contributed by atoms with Gasteiger partial charge in [-0.2, -0.15) is 13.2 Å². The molecule has 2 aromatic rings. The Morgan fingerprint density at radius 1 is 1.43 bits per heavy atom. The predicted molar refractivity (Wildman–Crippen MR) is 78.5 cm³/mol. The minimum absolute atomic E-state index is 0.0872. The van der Waals surface area contributed by atoms with Crippen molar-refractivity contribution in [2.75, 3.05) is 20.5 Å². The topological polar surface area (TPSA) is 53.4 Å². The van der Waals surface area contributed by atoms with Crippen molar-refractivity contribution in [1.82, 2.24) is 9.55 Å². The van der Waals surface area contributed by atoms with Crippen molar-refractivity contribution >= 4 is 22.7 Å². The second-order valence-electron chi connectivity index (χ2n) is 5.08. The smallest absolute Gasteiger partial charge is 0.359 e. The highest BCUT2D eigenvalue weighted by molar-refractivity contribution is 8.00. The van der Waals surface area contributed by atoms with Gasteiger partial charge in [-0.05, 0) is 12.1 Å². The van der Waals surface area contributed by atoms with Crippen molar-refractivity contribution < 1.29 is 22.6 Å². The van der Waals surface area contributed by atoms with Crippen LogP contribution < -0.4 is 5.69 Å². The van der Waals surface area contributed by atoms with Gasteiger partial charge in [0.05, 0.1) is 22.9 Å². The van der Waals surface area contributed by atoms with Gasteiger partial charge in [0.2, 0.25) is 0 Å². The Kier molecular flexibility index (Phi) is 4.35. The molecule has 3 rings (SSSR count). The summed E-state index contributed by atoms with van der Waals surface area (Å²) in [6.07, 6.45) is -3.26. The highest BCUT2D eigenvalue weighted by Gasteiger charge is 2.33. The Morgan fingerprint density at radius 3 is 2.91 bits per heavy atom. The zero-order valence-electron chi connectivity index (χ0n) is 12.1. The molecule has 124 valence electrons. The van der Waals surface area contributed by atoms with E-state index in [2.05, 4.69) is 4.98 Å². The summed E-state index contributed by atoms with van der Waals surface area (Å²) in [6, 6.07) is 2.09. The molecule has 1 aromatic carbocycles. The Hall–Kier alpha value is -1.58. The lowest BCUT2D eigenvalue weighted by Gasteiger charge is -2.26. The Labute approximate surface area is 133 Å². The number of methoxy groups -OCH3 is 1. The first-order valence-corrected chi connectivity index (χ1v) is 7.62. The summed E-state index contributed by atoms with van der Waals surface area (Å²) >= 11 is 1.27. The number of ether oxygens (including phenoxy) is 2. The number of hydrogen-bond acceptors (Lipinski definition) is 5. The molecule has 0 fully saturated rings. The summed E-state index contributed by atoms with van der Waals surface area (Å²) in [7, 11) is 1.48. The first kappa shape index (κ1) is 16.3. The molecule has 9 heteroatoms. The fraction of sp³-hybridized carbons (Fsp3) is 0.429. The molecule has 0 amide bonds. The molecule has 0 aliphatic carbocycles. The average molecular weight is 346 g/mol. The van der Waals surface area contributed by atoms with Gasteiger partial charge in [0.1, 0.15) is 6.79 Å². The lowest BCUT2D eigenvalue weighted by molar-refractivity contribution is -0.137. The van der Waals surface area contributed by atoms with Gasteiger partial charge >= 0.3 is 11.9 Å². The van der Waals surface area contributed by atoms with Crippen LogP contribution in [0.2, 0.25) is 0 Å². The third kappa shape index (κ3) is 3.22. The van der Waals surface area contributed by atoms with Crippen molar-refractivity contribution in [2.45, 2.75) is 22.9 Å². The molecular formula is C14H13F3N2O3S. The first-order chi connectivity index (χ1) is 10.9. The SMILES string of the molecule is COCOCC1Cn2c(=O)ncc3cc(C(F)(F)F)cc(c32)S1. The van der Waals surface area contributed by atoms with Crippen LogP contribution in [-0.4, -0.2) is 35.3 Å². The fourth-order valence-corrected chi connectivity index (χ4v) is 3.78. The standard InChI is InChI=1S/C14H13F3N2O3S/c1-21-7-22-6-10-5-19-12-8(4-18-13(19)20)2-9(14(15,16)17)3-11(12)23-10/h2-4,10H,5-7H2,1H3. The zero-order chi connectivity index (χ0) is 16.6. The zero-order valence-corrected chi connectivity index (χ0v) is 12.9. The number of benzene rings is 1. The highest BCUT2D eigenvalue weighted by atomic mass is 32.2. The summed E-state index contributed by atoms with van der Waals surface area (Å²) in [4.78, 5) is 16.0. The molecule has 1 aliphatic rings. The maximum Gasteiger partial charge on any atom is 0.416 e. The van der Waals surface area contributed by atoms with Crippen molar-refractivity contribution in [3.8, 4) is 0 Å². The molecule has 5 nitrogen and oxygen atoms in total. The molecule has 0 saturated heterocycles. The molecule has 0 bridgehead atoms. The Balaban J connectivity index is 2.06. The Bertz CT molecular complexity index is 791. The van der Waals surface area contributed by atoms with Gasteiger partial charge in [-0.25, -0.2) is 9.78 Å². The number of rotatable bonds is 4. The number of hydrogen-bond donors (Lipinski definition) is 0. The van der Waals surface area contributed by atoms with Crippen LogP contribution in [0.5, 0.6) is 0 Å². The molecular weight excluding hydrogens is 333 g/mol. The third-order valence-corrected chi connectivity index (χ3v) is 4.62. The molecule has 0 N–H and O–H groups in total. The van der Waals surface area contributed by atoms with Gasteiger partial charge in [-0.3, -0.25) is 4.57 Å². The molecule has 1 aliphatic heterocycles.